The summed E-state index contributed by atoms with van der Waals surface area (Å²) < 4.78 is 20.0. The molecule has 0 saturated carbocycles. The fourth-order valence-electron chi connectivity index (χ4n) is 3.40. The van der Waals surface area contributed by atoms with Crippen LogP contribution in [0.1, 0.15) is 30.4 Å². The molecule has 4 nitrogen and oxygen atoms in total. The maximum absolute atomic E-state index is 14.4. The van der Waals surface area contributed by atoms with Gasteiger partial charge in [0, 0.05) is 18.8 Å². The standard InChI is InChI=1S/C21H24ClFN2O2/c1-14-10-15(2)21(17(22)11-14)27-13-20(26)24-16-6-7-19(18(23)12-16)25-8-4-3-5-9-25/h6-7,10-12H,3-5,8-9,13H2,1-2H3,(H,24,26). The zero-order chi connectivity index (χ0) is 19.4. The van der Waals surface area contributed by atoms with E-state index in [1.807, 2.05) is 19.9 Å². The third-order valence-electron chi connectivity index (χ3n) is 4.65. The first-order chi connectivity index (χ1) is 12.9. The van der Waals surface area contributed by atoms with E-state index < -0.39 is 0 Å². The summed E-state index contributed by atoms with van der Waals surface area (Å²) in [5.41, 5.74) is 2.89. The Balaban J connectivity index is 1.60. The molecule has 0 aromatic heterocycles. The van der Waals surface area contributed by atoms with Crippen LogP contribution in [0.4, 0.5) is 15.8 Å². The van der Waals surface area contributed by atoms with E-state index in [0.29, 0.717) is 22.1 Å². The molecule has 0 unspecified atom stereocenters. The molecule has 0 radical (unpaired) electrons. The maximum Gasteiger partial charge on any atom is 0.262 e. The molecule has 1 fully saturated rings. The van der Waals surface area contributed by atoms with Crippen LogP contribution in [-0.2, 0) is 4.79 Å². The first-order valence-corrected chi connectivity index (χ1v) is 9.56. The van der Waals surface area contributed by atoms with Gasteiger partial charge in [-0.15, -0.1) is 0 Å². The number of hydrogen-bond acceptors (Lipinski definition) is 3. The summed E-state index contributed by atoms with van der Waals surface area (Å²) in [6.45, 7) is 5.36. The van der Waals surface area contributed by atoms with Gasteiger partial charge < -0.3 is 15.0 Å². The summed E-state index contributed by atoms with van der Waals surface area (Å²) in [7, 11) is 0. The molecule has 0 atom stereocenters. The molecule has 1 heterocycles. The van der Waals surface area contributed by atoms with Crippen molar-refractivity contribution in [2.24, 2.45) is 0 Å². The summed E-state index contributed by atoms with van der Waals surface area (Å²) in [5.74, 6) is -0.201. The lowest BCUT2D eigenvalue weighted by Gasteiger charge is -2.29. The molecule has 27 heavy (non-hydrogen) atoms. The van der Waals surface area contributed by atoms with Crippen LogP contribution >= 0.6 is 11.6 Å². The van der Waals surface area contributed by atoms with Gasteiger partial charge >= 0.3 is 0 Å². The highest BCUT2D eigenvalue weighted by Crippen LogP contribution is 2.30. The second-order valence-electron chi connectivity index (χ2n) is 6.94. The topological polar surface area (TPSA) is 41.6 Å². The average molecular weight is 391 g/mol. The number of rotatable bonds is 5. The minimum absolute atomic E-state index is 0.195. The molecule has 1 aliphatic heterocycles. The van der Waals surface area contributed by atoms with Crippen molar-refractivity contribution in [2.75, 3.05) is 29.9 Å². The van der Waals surface area contributed by atoms with Crippen molar-refractivity contribution in [3.05, 3.63) is 52.3 Å². The van der Waals surface area contributed by atoms with Crippen molar-refractivity contribution < 1.29 is 13.9 Å². The number of hydrogen-bond donors (Lipinski definition) is 1. The quantitative estimate of drug-likeness (QED) is 0.771. The Bertz CT molecular complexity index is 812. The minimum Gasteiger partial charge on any atom is -0.482 e. The lowest BCUT2D eigenvalue weighted by atomic mass is 10.1. The van der Waals surface area contributed by atoms with Gasteiger partial charge in [0.15, 0.2) is 6.61 Å². The molecular formula is C21H24ClFN2O2. The molecule has 2 aromatic carbocycles. The average Bonchev–Trinajstić information content (AvgIpc) is 2.61. The van der Waals surface area contributed by atoms with E-state index in [0.717, 1.165) is 37.1 Å². The van der Waals surface area contributed by atoms with Crippen LogP contribution in [0.3, 0.4) is 0 Å². The fourth-order valence-corrected chi connectivity index (χ4v) is 3.77. The van der Waals surface area contributed by atoms with Gasteiger partial charge in [0.1, 0.15) is 11.6 Å². The number of halogens is 2. The number of anilines is 2. The molecular weight excluding hydrogens is 367 g/mol. The van der Waals surface area contributed by atoms with E-state index in [9.17, 15) is 9.18 Å². The molecule has 6 heteroatoms. The van der Waals surface area contributed by atoms with Crippen LogP contribution in [0.5, 0.6) is 5.75 Å². The number of ether oxygens (including phenoxy) is 1. The predicted octanol–water partition coefficient (Wildman–Crippen LogP) is 5.10. The summed E-state index contributed by atoms with van der Waals surface area (Å²) >= 11 is 6.18. The van der Waals surface area contributed by atoms with Gasteiger partial charge in [0.2, 0.25) is 0 Å². The van der Waals surface area contributed by atoms with Crippen LogP contribution in [0.15, 0.2) is 30.3 Å². The van der Waals surface area contributed by atoms with Gasteiger partial charge in [-0.3, -0.25) is 4.79 Å². The zero-order valence-electron chi connectivity index (χ0n) is 15.6. The number of nitrogens with zero attached hydrogens (tertiary/aromatic N) is 1. The maximum atomic E-state index is 14.4. The summed E-state index contributed by atoms with van der Waals surface area (Å²) in [4.78, 5) is 14.2. The highest BCUT2D eigenvalue weighted by Gasteiger charge is 2.16. The van der Waals surface area contributed by atoms with E-state index in [-0.39, 0.29) is 18.3 Å². The number of aryl methyl sites for hydroxylation is 2. The Morgan fingerprint density at radius 1 is 1.19 bits per heavy atom. The normalized spacial score (nSPS) is 14.1. The van der Waals surface area contributed by atoms with Gasteiger partial charge in [0.05, 0.1) is 10.7 Å². The van der Waals surface area contributed by atoms with E-state index >= 15 is 0 Å². The Morgan fingerprint density at radius 2 is 1.93 bits per heavy atom. The summed E-state index contributed by atoms with van der Waals surface area (Å²) in [6, 6.07) is 8.52. The Morgan fingerprint density at radius 3 is 2.59 bits per heavy atom. The van der Waals surface area contributed by atoms with Crippen LogP contribution < -0.4 is 15.0 Å². The smallest absolute Gasteiger partial charge is 0.262 e. The highest BCUT2D eigenvalue weighted by molar-refractivity contribution is 6.32. The molecule has 1 saturated heterocycles. The highest BCUT2D eigenvalue weighted by atomic mass is 35.5. The Hall–Kier alpha value is -2.27. The van der Waals surface area contributed by atoms with Crippen LogP contribution in [0.25, 0.3) is 0 Å². The minimum atomic E-state index is -0.365. The van der Waals surface area contributed by atoms with Crippen LogP contribution in [0, 0.1) is 19.7 Å². The largest absolute Gasteiger partial charge is 0.482 e. The van der Waals surface area contributed by atoms with E-state index in [1.54, 1.807) is 18.2 Å². The number of benzene rings is 2. The van der Waals surface area contributed by atoms with Gasteiger partial charge in [-0.1, -0.05) is 17.7 Å². The first kappa shape index (κ1) is 19.5. The zero-order valence-corrected chi connectivity index (χ0v) is 16.4. The van der Waals surface area contributed by atoms with Crippen molar-refractivity contribution in [2.45, 2.75) is 33.1 Å². The van der Waals surface area contributed by atoms with E-state index in [2.05, 4.69) is 10.2 Å². The molecule has 1 N–H and O–H groups in total. The number of amides is 1. The van der Waals surface area contributed by atoms with Crippen molar-refractivity contribution in [1.82, 2.24) is 0 Å². The molecule has 1 aliphatic rings. The SMILES string of the molecule is Cc1cc(C)c(OCC(=O)Nc2ccc(N3CCCCC3)c(F)c2)c(Cl)c1. The molecule has 1 amide bonds. The number of carbonyl (C=O) groups excluding carboxylic acids is 1. The van der Waals surface area contributed by atoms with Gasteiger partial charge in [-0.2, -0.15) is 0 Å². The third-order valence-corrected chi connectivity index (χ3v) is 4.93. The molecule has 3 rings (SSSR count). The number of nitrogens with one attached hydrogen (secondary N) is 1. The van der Waals surface area contributed by atoms with Crippen molar-refractivity contribution >= 4 is 28.9 Å². The molecule has 144 valence electrons. The molecule has 0 aliphatic carbocycles. The predicted molar refractivity (Wildman–Crippen MR) is 108 cm³/mol. The fraction of sp³-hybridized carbons (Fsp3) is 0.381. The molecule has 0 spiro atoms. The van der Waals surface area contributed by atoms with Crippen LogP contribution in [0.2, 0.25) is 5.02 Å². The Labute approximate surface area is 164 Å². The summed E-state index contributed by atoms with van der Waals surface area (Å²) in [5, 5.41) is 3.14. The van der Waals surface area contributed by atoms with Gasteiger partial charge in [-0.25, -0.2) is 4.39 Å². The van der Waals surface area contributed by atoms with Crippen LogP contribution in [-0.4, -0.2) is 25.6 Å². The van der Waals surface area contributed by atoms with Crippen molar-refractivity contribution in [3.63, 3.8) is 0 Å². The third kappa shape index (κ3) is 4.92. The lowest BCUT2D eigenvalue weighted by molar-refractivity contribution is -0.118. The van der Waals surface area contributed by atoms with Gasteiger partial charge in [-0.05, 0) is 68.5 Å². The second-order valence-corrected chi connectivity index (χ2v) is 7.35. The lowest BCUT2D eigenvalue weighted by Crippen LogP contribution is -2.30. The molecule has 0 bridgehead atoms. The number of carbonyl (C=O) groups is 1. The second kappa shape index (κ2) is 8.61. The van der Waals surface area contributed by atoms with E-state index in [4.69, 9.17) is 16.3 Å². The van der Waals surface area contributed by atoms with Crippen molar-refractivity contribution in [3.8, 4) is 5.75 Å². The Kier molecular flexibility index (Phi) is 6.22. The summed E-state index contributed by atoms with van der Waals surface area (Å²) in [6.07, 6.45) is 3.35. The molecule has 2 aromatic rings. The number of piperidine rings is 1. The van der Waals surface area contributed by atoms with Gasteiger partial charge in [0.25, 0.3) is 5.91 Å². The monoisotopic (exact) mass is 390 g/mol. The van der Waals surface area contributed by atoms with E-state index in [1.165, 1.54) is 12.5 Å². The first-order valence-electron chi connectivity index (χ1n) is 9.18. The van der Waals surface area contributed by atoms with Crippen molar-refractivity contribution in [1.29, 1.82) is 0 Å².